The number of carbonyl (C=O) groups excluding carboxylic acids is 2. The van der Waals surface area contributed by atoms with Crippen molar-refractivity contribution in [1.82, 2.24) is 14.8 Å². The van der Waals surface area contributed by atoms with E-state index in [0.29, 0.717) is 28.9 Å². The van der Waals surface area contributed by atoms with Crippen molar-refractivity contribution in [2.45, 2.75) is 44.6 Å². The van der Waals surface area contributed by atoms with Gasteiger partial charge in [-0.1, -0.05) is 42.1 Å². The molecule has 8 nitrogen and oxygen atoms in total. The number of anilines is 2. The van der Waals surface area contributed by atoms with Crippen LogP contribution < -0.4 is 15.0 Å². The largest absolute Gasteiger partial charge is 0.486 e. The summed E-state index contributed by atoms with van der Waals surface area (Å²) >= 11 is 1.31. The zero-order valence-electron chi connectivity index (χ0n) is 19.2. The van der Waals surface area contributed by atoms with E-state index in [1.54, 1.807) is 17.0 Å². The molecule has 4 rings (SSSR count). The fraction of sp³-hybridized carbons (Fsp3) is 0.280. The number of fused-ring (bicyclic) bond motifs is 1. The van der Waals surface area contributed by atoms with Crippen molar-refractivity contribution in [2.75, 3.05) is 16.0 Å². The van der Waals surface area contributed by atoms with Crippen molar-refractivity contribution in [3.05, 3.63) is 72.6 Å². The smallest absolute Gasteiger partial charge is 0.237 e. The second-order valence-corrected chi connectivity index (χ2v) is 9.02. The minimum Gasteiger partial charge on any atom is -0.486 e. The molecule has 2 aromatic carbocycles. The molecule has 0 bridgehead atoms. The van der Waals surface area contributed by atoms with E-state index in [9.17, 15) is 9.59 Å². The molecule has 1 N–H and O–H groups in total. The summed E-state index contributed by atoms with van der Waals surface area (Å²) in [6.45, 7) is 8.47. The lowest BCUT2D eigenvalue weighted by Crippen LogP contribution is -2.40. The first-order chi connectivity index (χ1) is 16.5. The number of thioether (sulfide) groups is 1. The number of amides is 2. The molecule has 1 aromatic heterocycles. The lowest BCUT2D eigenvalue weighted by atomic mass is 10.2. The lowest BCUT2D eigenvalue weighted by Gasteiger charge is -2.27. The van der Waals surface area contributed by atoms with Gasteiger partial charge in [0.1, 0.15) is 12.4 Å². The van der Waals surface area contributed by atoms with E-state index in [0.717, 1.165) is 11.3 Å². The van der Waals surface area contributed by atoms with E-state index < -0.39 is 0 Å². The average molecular weight is 478 g/mol. The minimum atomic E-state index is -0.263. The highest BCUT2D eigenvalue weighted by molar-refractivity contribution is 7.99. The van der Waals surface area contributed by atoms with E-state index in [1.165, 1.54) is 11.8 Å². The SMILES string of the molecule is C=CCn1c(COc2cccc(C)c2)nnc1SCC(=O)N1c2ccccc2NC(=O)C[C@H]1C. The van der Waals surface area contributed by atoms with Gasteiger partial charge in [0, 0.05) is 19.0 Å². The number of rotatable bonds is 8. The standard InChI is InChI=1S/C25H27N5O3S/c1-4-12-29-22(15-33-19-9-7-8-17(2)13-19)27-28-25(29)34-16-24(32)30-18(3)14-23(31)26-20-10-5-6-11-21(20)30/h4-11,13,18H,1,12,14-16H2,2-3H3,(H,26,31)/t18-/m1/s1. The molecule has 9 heteroatoms. The third-order valence-electron chi connectivity index (χ3n) is 5.42. The van der Waals surface area contributed by atoms with Crippen LogP contribution in [0.15, 0.2) is 66.3 Å². The molecule has 3 aromatic rings. The molecule has 0 aliphatic carbocycles. The first-order valence-electron chi connectivity index (χ1n) is 11.0. The Morgan fingerprint density at radius 1 is 1.26 bits per heavy atom. The maximum absolute atomic E-state index is 13.3. The van der Waals surface area contributed by atoms with Gasteiger partial charge in [0.25, 0.3) is 0 Å². The van der Waals surface area contributed by atoms with Crippen LogP contribution in [0.1, 0.15) is 24.7 Å². The summed E-state index contributed by atoms with van der Waals surface area (Å²) in [7, 11) is 0. The molecule has 0 fully saturated rings. The molecule has 0 saturated carbocycles. The average Bonchev–Trinajstić information content (AvgIpc) is 3.13. The van der Waals surface area contributed by atoms with Crippen LogP contribution in [0.25, 0.3) is 0 Å². The predicted molar refractivity (Wildman–Crippen MR) is 133 cm³/mol. The maximum atomic E-state index is 13.3. The molecule has 0 saturated heterocycles. The first-order valence-corrected chi connectivity index (χ1v) is 12.0. The van der Waals surface area contributed by atoms with Crippen molar-refractivity contribution in [1.29, 1.82) is 0 Å². The molecule has 1 atom stereocenters. The van der Waals surface area contributed by atoms with Gasteiger partial charge in [-0.25, -0.2) is 0 Å². The number of nitrogens with zero attached hydrogens (tertiary/aromatic N) is 4. The van der Waals surface area contributed by atoms with Gasteiger partial charge in [-0.3, -0.25) is 14.2 Å². The third kappa shape index (κ3) is 5.31. The first kappa shape index (κ1) is 23.6. The number of hydrogen-bond acceptors (Lipinski definition) is 6. The second kappa shape index (κ2) is 10.6. The predicted octanol–water partition coefficient (Wildman–Crippen LogP) is 4.21. The van der Waals surface area contributed by atoms with Crippen LogP contribution in [0.3, 0.4) is 0 Å². The Balaban J connectivity index is 1.48. The normalized spacial score (nSPS) is 15.3. The second-order valence-electron chi connectivity index (χ2n) is 8.07. The molecular weight excluding hydrogens is 450 g/mol. The zero-order chi connectivity index (χ0) is 24.1. The number of hydrogen-bond donors (Lipinski definition) is 1. The Kier molecular flexibility index (Phi) is 7.32. The van der Waals surface area contributed by atoms with E-state index in [-0.39, 0.29) is 36.6 Å². The number of allylic oxidation sites excluding steroid dienone is 1. The van der Waals surface area contributed by atoms with Crippen LogP contribution in [-0.2, 0) is 22.7 Å². The molecule has 0 spiro atoms. The number of aryl methyl sites for hydroxylation is 1. The fourth-order valence-electron chi connectivity index (χ4n) is 3.86. The van der Waals surface area contributed by atoms with Crippen molar-refractivity contribution in [2.24, 2.45) is 0 Å². The number of aromatic nitrogens is 3. The Bertz CT molecular complexity index is 1210. The Morgan fingerprint density at radius 3 is 2.88 bits per heavy atom. The molecule has 0 radical (unpaired) electrons. The molecule has 0 unspecified atom stereocenters. The van der Waals surface area contributed by atoms with Crippen molar-refractivity contribution < 1.29 is 14.3 Å². The number of nitrogens with one attached hydrogen (secondary N) is 1. The molecule has 2 amide bonds. The summed E-state index contributed by atoms with van der Waals surface area (Å²) in [5, 5.41) is 12.1. The summed E-state index contributed by atoms with van der Waals surface area (Å²) in [6, 6.07) is 14.9. The van der Waals surface area contributed by atoms with Crippen molar-refractivity contribution in [3.63, 3.8) is 0 Å². The number of benzene rings is 2. The summed E-state index contributed by atoms with van der Waals surface area (Å²) in [4.78, 5) is 27.2. The van der Waals surface area contributed by atoms with Gasteiger partial charge in [-0.05, 0) is 43.7 Å². The van der Waals surface area contributed by atoms with E-state index in [1.807, 2.05) is 60.9 Å². The highest BCUT2D eigenvalue weighted by atomic mass is 32.2. The van der Waals surface area contributed by atoms with Crippen molar-refractivity contribution in [3.8, 4) is 5.75 Å². The van der Waals surface area contributed by atoms with Gasteiger partial charge < -0.3 is 15.0 Å². The highest BCUT2D eigenvalue weighted by Crippen LogP contribution is 2.32. The summed E-state index contributed by atoms with van der Waals surface area (Å²) in [6.07, 6.45) is 1.99. The topological polar surface area (TPSA) is 89.3 Å². The van der Waals surface area contributed by atoms with Gasteiger partial charge in [0.15, 0.2) is 11.0 Å². The molecular formula is C25H27N5O3S. The molecule has 1 aliphatic rings. The molecule has 34 heavy (non-hydrogen) atoms. The summed E-state index contributed by atoms with van der Waals surface area (Å²) < 4.78 is 7.78. The molecule has 176 valence electrons. The highest BCUT2D eigenvalue weighted by Gasteiger charge is 2.29. The van der Waals surface area contributed by atoms with Gasteiger partial charge >= 0.3 is 0 Å². The van der Waals surface area contributed by atoms with Crippen molar-refractivity contribution >= 4 is 35.0 Å². The third-order valence-corrected chi connectivity index (χ3v) is 6.37. The fourth-order valence-corrected chi connectivity index (χ4v) is 4.69. The van der Waals surface area contributed by atoms with Gasteiger partial charge in [0.2, 0.25) is 11.8 Å². The molecule has 2 heterocycles. The quantitative estimate of drug-likeness (QED) is 0.386. The van der Waals surface area contributed by atoms with E-state index in [2.05, 4.69) is 22.1 Å². The Labute approximate surface area is 203 Å². The maximum Gasteiger partial charge on any atom is 0.237 e. The number of ether oxygens (including phenoxy) is 1. The summed E-state index contributed by atoms with van der Waals surface area (Å²) in [5.74, 6) is 1.36. The van der Waals surface area contributed by atoms with Crippen LogP contribution in [0.4, 0.5) is 11.4 Å². The van der Waals surface area contributed by atoms with Crippen LogP contribution >= 0.6 is 11.8 Å². The van der Waals surface area contributed by atoms with E-state index >= 15 is 0 Å². The minimum absolute atomic E-state index is 0.104. The van der Waals surface area contributed by atoms with Crippen LogP contribution in [0.5, 0.6) is 5.75 Å². The van der Waals surface area contributed by atoms with Gasteiger partial charge in [-0.15, -0.1) is 16.8 Å². The van der Waals surface area contributed by atoms with Gasteiger partial charge in [-0.2, -0.15) is 0 Å². The lowest BCUT2D eigenvalue weighted by molar-refractivity contribution is -0.117. The number of carbonyl (C=O) groups is 2. The molecule has 1 aliphatic heterocycles. The van der Waals surface area contributed by atoms with Crippen LogP contribution in [0.2, 0.25) is 0 Å². The van der Waals surface area contributed by atoms with Crippen LogP contribution in [0, 0.1) is 6.92 Å². The number of para-hydroxylation sites is 2. The van der Waals surface area contributed by atoms with Crippen LogP contribution in [-0.4, -0.2) is 38.4 Å². The Hall–Kier alpha value is -3.59. The zero-order valence-corrected chi connectivity index (χ0v) is 20.0. The van der Waals surface area contributed by atoms with Gasteiger partial charge in [0.05, 0.1) is 17.1 Å². The monoisotopic (exact) mass is 477 g/mol. The van der Waals surface area contributed by atoms with E-state index in [4.69, 9.17) is 4.74 Å². The Morgan fingerprint density at radius 2 is 2.09 bits per heavy atom. The summed E-state index contributed by atoms with van der Waals surface area (Å²) in [5.41, 5.74) is 2.45.